The van der Waals surface area contributed by atoms with Gasteiger partial charge >= 0.3 is 0 Å². The zero-order valence-electron chi connectivity index (χ0n) is 21.3. The highest BCUT2D eigenvalue weighted by atomic mass is 19.1. The van der Waals surface area contributed by atoms with Gasteiger partial charge in [0.15, 0.2) is 6.61 Å². The first-order valence-corrected chi connectivity index (χ1v) is 12.6. The molecule has 0 aliphatic rings. The molecule has 0 bridgehead atoms. The van der Waals surface area contributed by atoms with E-state index in [0.717, 1.165) is 16.7 Å². The molecule has 0 fully saturated rings. The molecule has 0 saturated carbocycles. The van der Waals surface area contributed by atoms with Gasteiger partial charge in [0.1, 0.15) is 17.6 Å². The average Bonchev–Trinajstić information content (AvgIpc) is 2.95. The van der Waals surface area contributed by atoms with Crippen LogP contribution in [0.1, 0.15) is 22.3 Å². The van der Waals surface area contributed by atoms with E-state index in [2.05, 4.69) is 5.32 Å². The predicted octanol–water partition coefficient (Wildman–Crippen LogP) is 5.47. The van der Waals surface area contributed by atoms with Crippen LogP contribution >= 0.6 is 0 Å². The molecule has 0 spiro atoms. The van der Waals surface area contributed by atoms with Crippen LogP contribution < -0.4 is 10.1 Å². The van der Waals surface area contributed by atoms with Gasteiger partial charge in [-0.25, -0.2) is 4.39 Å². The number of hydrogen-bond donors (Lipinski definition) is 1. The van der Waals surface area contributed by atoms with Crippen molar-refractivity contribution >= 4 is 11.8 Å². The second-order valence-corrected chi connectivity index (χ2v) is 9.16. The van der Waals surface area contributed by atoms with Crippen molar-refractivity contribution in [3.05, 3.63) is 137 Å². The van der Waals surface area contributed by atoms with Crippen LogP contribution in [0.15, 0.2) is 109 Å². The second kappa shape index (κ2) is 13.2. The number of carbonyl (C=O) groups is 2. The van der Waals surface area contributed by atoms with E-state index >= 15 is 0 Å². The number of nitrogens with zero attached hydrogens (tertiary/aromatic N) is 1. The van der Waals surface area contributed by atoms with Gasteiger partial charge in [-0.15, -0.1) is 0 Å². The Balaban J connectivity index is 1.60. The monoisotopic (exact) mass is 510 g/mol. The number of amides is 2. The van der Waals surface area contributed by atoms with Gasteiger partial charge in [0.2, 0.25) is 5.91 Å². The first-order chi connectivity index (χ1) is 18.5. The number of hydrogen-bond acceptors (Lipinski definition) is 3. The minimum atomic E-state index is -0.806. The highest BCUT2D eigenvalue weighted by Crippen LogP contribution is 2.17. The molecule has 194 valence electrons. The van der Waals surface area contributed by atoms with E-state index < -0.39 is 6.04 Å². The number of para-hydroxylation sites is 1. The summed E-state index contributed by atoms with van der Waals surface area (Å²) in [6, 6.07) is 31.7. The van der Waals surface area contributed by atoms with Gasteiger partial charge < -0.3 is 15.0 Å². The van der Waals surface area contributed by atoms with E-state index in [1.807, 2.05) is 79.7 Å². The van der Waals surface area contributed by atoms with Gasteiger partial charge in [0.25, 0.3) is 5.91 Å². The Hall–Kier alpha value is -4.45. The average molecular weight is 511 g/mol. The number of carbonyl (C=O) groups excluding carboxylic acids is 2. The lowest BCUT2D eigenvalue weighted by Crippen LogP contribution is -2.51. The Kier molecular flexibility index (Phi) is 9.24. The number of benzene rings is 4. The number of halogens is 1. The molecule has 0 unspecified atom stereocenters. The molecular weight excluding hydrogens is 479 g/mol. The summed E-state index contributed by atoms with van der Waals surface area (Å²) in [6.07, 6.45) is 0.318. The Morgan fingerprint density at radius 3 is 2.05 bits per heavy atom. The summed E-state index contributed by atoms with van der Waals surface area (Å²) in [5.74, 6) is -0.420. The number of aryl methyl sites for hydroxylation is 1. The predicted molar refractivity (Wildman–Crippen MR) is 146 cm³/mol. The lowest BCUT2D eigenvalue weighted by atomic mass is 10.0. The molecule has 2 amide bonds. The highest BCUT2D eigenvalue weighted by molar-refractivity contribution is 5.88. The van der Waals surface area contributed by atoms with Crippen molar-refractivity contribution in [3.63, 3.8) is 0 Å². The molecule has 1 atom stereocenters. The third-order valence-corrected chi connectivity index (χ3v) is 6.23. The van der Waals surface area contributed by atoms with Gasteiger partial charge in [-0.05, 0) is 47.9 Å². The van der Waals surface area contributed by atoms with Crippen LogP contribution in [0.25, 0.3) is 0 Å². The summed E-state index contributed by atoms with van der Waals surface area (Å²) < 4.78 is 19.3. The SMILES string of the molecule is Cc1ccc(CNC(=O)[C@@H](Cc2ccccc2)N(Cc2ccc(F)cc2)C(=O)COc2ccccc2)cc1. The van der Waals surface area contributed by atoms with Crippen molar-refractivity contribution in [2.24, 2.45) is 0 Å². The summed E-state index contributed by atoms with van der Waals surface area (Å²) in [5, 5.41) is 3.01. The smallest absolute Gasteiger partial charge is 0.261 e. The van der Waals surface area contributed by atoms with Crippen molar-refractivity contribution in [2.75, 3.05) is 6.61 Å². The van der Waals surface area contributed by atoms with Gasteiger partial charge in [0.05, 0.1) is 0 Å². The van der Waals surface area contributed by atoms with E-state index in [1.54, 1.807) is 24.3 Å². The maximum Gasteiger partial charge on any atom is 0.261 e. The Bertz CT molecular complexity index is 1310. The summed E-state index contributed by atoms with van der Waals surface area (Å²) >= 11 is 0. The van der Waals surface area contributed by atoms with Gasteiger partial charge in [0, 0.05) is 19.5 Å². The van der Waals surface area contributed by atoms with Crippen molar-refractivity contribution in [3.8, 4) is 5.75 Å². The fraction of sp³-hybridized carbons (Fsp3) is 0.188. The summed E-state index contributed by atoms with van der Waals surface area (Å²) in [4.78, 5) is 28.8. The van der Waals surface area contributed by atoms with Crippen molar-refractivity contribution in [1.29, 1.82) is 0 Å². The molecule has 0 saturated heterocycles. The van der Waals surface area contributed by atoms with E-state index in [-0.39, 0.29) is 30.8 Å². The molecule has 4 rings (SSSR count). The van der Waals surface area contributed by atoms with Crippen LogP contribution in [0.5, 0.6) is 5.75 Å². The topological polar surface area (TPSA) is 58.6 Å². The third-order valence-electron chi connectivity index (χ3n) is 6.23. The van der Waals surface area contributed by atoms with Crippen molar-refractivity contribution in [1.82, 2.24) is 10.2 Å². The zero-order valence-corrected chi connectivity index (χ0v) is 21.3. The molecular formula is C32H31FN2O3. The molecule has 5 nitrogen and oxygen atoms in total. The highest BCUT2D eigenvalue weighted by Gasteiger charge is 2.30. The molecule has 0 radical (unpaired) electrons. The zero-order chi connectivity index (χ0) is 26.7. The van der Waals surface area contributed by atoms with Crippen molar-refractivity contribution < 1.29 is 18.7 Å². The maximum atomic E-state index is 13.6. The number of nitrogens with one attached hydrogen (secondary N) is 1. The normalized spacial score (nSPS) is 11.4. The first kappa shape index (κ1) is 26.6. The largest absolute Gasteiger partial charge is 0.484 e. The van der Waals surface area contributed by atoms with Crippen LogP contribution in [-0.2, 0) is 29.1 Å². The molecule has 0 aromatic heterocycles. The quantitative estimate of drug-likeness (QED) is 0.291. The minimum absolute atomic E-state index is 0.132. The molecule has 4 aromatic rings. The number of ether oxygens (including phenoxy) is 1. The molecule has 0 aliphatic carbocycles. The fourth-order valence-corrected chi connectivity index (χ4v) is 4.10. The molecule has 4 aromatic carbocycles. The van der Waals surface area contributed by atoms with Crippen LogP contribution in [0.4, 0.5) is 4.39 Å². The van der Waals surface area contributed by atoms with Crippen LogP contribution in [0, 0.1) is 12.7 Å². The minimum Gasteiger partial charge on any atom is -0.484 e. The molecule has 0 heterocycles. The Morgan fingerprint density at radius 1 is 0.789 bits per heavy atom. The van der Waals surface area contributed by atoms with Gasteiger partial charge in [-0.3, -0.25) is 9.59 Å². The molecule has 6 heteroatoms. The lowest BCUT2D eigenvalue weighted by molar-refractivity contribution is -0.142. The second-order valence-electron chi connectivity index (χ2n) is 9.16. The summed E-state index contributed by atoms with van der Waals surface area (Å²) in [6.45, 7) is 2.24. The summed E-state index contributed by atoms with van der Waals surface area (Å²) in [7, 11) is 0. The number of rotatable bonds is 11. The Morgan fingerprint density at radius 2 is 1.39 bits per heavy atom. The van der Waals surface area contributed by atoms with E-state index in [4.69, 9.17) is 4.74 Å². The van der Waals surface area contributed by atoms with E-state index in [1.165, 1.54) is 17.0 Å². The van der Waals surface area contributed by atoms with Crippen LogP contribution in [0.3, 0.4) is 0 Å². The Labute approximate surface area is 222 Å². The lowest BCUT2D eigenvalue weighted by Gasteiger charge is -2.31. The van der Waals surface area contributed by atoms with Crippen molar-refractivity contribution in [2.45, 2.75) is 32.5 Å². The standard InChI is InChI=1S/C32H31FN2O3/c1-24-12-14-26(15-13-24)21-34-32(37)30(20-25-8-4-2-5-9-25)35(22-27-16-18-28(33)19-17-27)31(36)23-38-29-10-6-3-7-11-29/h2-19,30H,20-23H2,1H3,(H,34,37)/t30-/m1/s1. The van der Waals surface area contributed by atoms with Gasteiger partial charge in [-0.1, -0.05) is 90.5 Å². The van der Waals surface area contributed by atoms with Gasteiger partial charge in [-0.2, -0.15) is 0 Å². The summed E-state index contributed by atoms with van der Waals surface area (Å²) in [5.41, 5.74) is 3.73. The van der Waals surface area contributed by atoms with Crippen LogP contribution in [0.2, 0.25) is 0 Å². The maximum absolute atomic E-state index is 13.6. The molecule has 1 N–H and O–H groups in total. The first-order valence-electron chi connectivity index (χ1n) is 12.6. The van der Waals surface area contributed by atoms with E-state index in [9.17, 15) is 14.0 Å². The molecule has 0 aliphatic heterocycles. The van der Waals surface area contributed by atoms with Crippen LogP contribution in [-0.4, -0.2) is 29.4 Å². The molecule has 38 heavy (non-hydrogen) atoms. The third kappa shape index (κ3) is 7.77. The fourth-order valence-electron chi connectivity index (χ4n) is 4.10. The van der Waals surface area contributed by atoms with E-state index in [0.29, 0.717) is 24.3 Å².